The molecule has 1 atom stereocenters. The second-order valence-corrected chi connectivity index (χ2v) is 4.54. The van der Waals surface area contributed by atoms with Crippen molar-refractivity contribution in [1.82, 2.24) is 9.80 Å². The first-order valence-corrected chi connectivity index (χ1v) is 5.92. The minimum atomic E-state index is -1.33. The standard InChI is InChI=1S/C13H19N3O3/c1-15(2)11(8-10-6-4-3-5-7-10)9-16(12(14)17)13(18)19/h3-7,11H,8-9H2,1-2H3,(H2,14,17)(H,18,19). The number of hydrogen-bond donors (Lipinski definition) is 2. The van der Waals surface area contributed by atoms with Gasteiger partial charge >= 0.3 is 12.1 Å². The Morgan fingerprint density at radius 1 is 1.26 bits per heavy atom. The van der Waals surface area contributed by atoms with Crippen molar-refractivity contribution in [3.63, 3.8) is 0 Å². The minimum Gasteiger partial charge on any atom is -0.465 e. The van der Waals surface area contributed by atoms with Crippen molar-refractivity contribution >= 4 is 12.1 Å². The summed E-state index contributed by atoms with van der Waals surface area (Å²) in [6.07, 6.45) is -0.683. The van der Waals surface area contributed by atoms with E-state index in [0.717, 1.165) is 5.56 Å². The van der Waals surface area contributed by atoms with E-state index in [2.05, 4.69) is 0 Å². The maximum Gasteiger partial charge on any atom is 0.415 e. The minimum absolute atomic E-state index is 0.0482. The Morgan fingerprint density at radius 2 is 1.84 bits per heavy atom. The van der Waals surface area contributed by atoms with E-state index < -0.39 is 12.1 Å². The molecule has 6 heteroatoms. The number of likely N-dealkylation sites (N-methyl/N-ethyl adjacent to an activating group) is 1. The number of rotatable bonds is 5. The maximum absolute atomic E-state index is 11.1. The molecule has 3 N–H and O–H groups in total. The predicted molar refractivity (Wildman–Crippen MR) is 71.9 cm³/mol. The van der Waals surface area contributed by atoms with Crippen LogP contribution in [0.5, 0.6) is 0 Å². The first-order valence-electron chi connectivity index (χ1n) is 5.92. The van der Waals surface area contributed by atoms with Crippen LogP contribution in [0.4, 0.5) is 9.59 Å². The lowest BCUT2D eigenvalue weighted by Crippen LogP contribution is -2.48. The molecule has 1 unspecified atom stereocenters. The van der Waals surface area contributed by atoms with Gasteiger partial charge in [0, 0.05) is 12.6 Å². The zero-order chi connectivity index (χ0) is 14.4. The fourth-order valence-electron chi connectivity index (χ4n) is 1.77. The van der Waals surface area contributed by atoms with Crippen LogP contribution in [0.15, 0.2) is 30.3 Å². The van der Waals surface area contributed by atoms with Gasteiger partial charge in [-0.2, -0.15) is 0 Å². The van der Waals surface area contributed by atoms with E-state index in [1.54, 1.807) is 0 Å². The number of nitrogens with two attached hydrogens (primary N) is 1. The number of nitrogens with zero attached hydrogens (tertiary/aromatic N) is 2. The summed E-state index contributed by atoms with van der Waals surface area (Å²) in [5.74, 6) is 0. The predicted octanol–water partition coefficient (Wildman–Crippen LogP) is 1.22. The highest BCUT2D eigenvalue weighted by Crippen LogP contribution is 2.08. The van der Waals surface area contributed by atoms with Crippen LogP contribution in [0.25, 0.3) is 0 Å². The molecule has 0 aliphatic rings. The molecule has 1 aromatic rings. The molecule has 0 aliphatic carbocycles. The van der Waals surface area contributed by atoms with E-state index >= 15 is 0 Å². The molecular formula is C13H19N3O3. The van der Waals surface area contributed by atoms with Crippen LogP contribution in [0.3, 0.4) is 0 Å². The maximum atomic E-state index is 11.1. The van der Waals surface area contributed by atoms with Gasteiger partial charge in [0.15, 0.2) is 0 Å². The molecule has 104 valence electrons. The van der Waals surface area contributed by atoms with Gasteiger partial charge in [-0.15, -0.1) is 0 Å². The second kappa shape index (κ2) is 6.75. The summed E-state index contributed by atoms with van der Waals surface area (Å²) in [5, 5.41) is 8.95. The van der Waals surface area contributed by atoms with Crippen molar-refractivity contribution < 1.29 is 14.7 Å². The number of urea groups is 1. The third-order valence-corrected chi connectivity index (χ3v) is 2.93. The van der Waals surface area contributed by atoms with Crippen LogP contribution in [-0.4, -0.2) is 53.7 Å². The monoisotopic (exact) mass is 265 g/mol. The lowest BCUT2D eigenvalue weighted by atomic mass is 10.0. The Balaban J connectivity index is 2.78. The Morgan fingerprint density at radius 3 is 2.26 bits per heavy atom. The zero-order valence-electron chi connectivity index (χ0n) is 11.1. The van der Waals surface area contributed by atoms with Crippen molar-refractivity contribution in [3.8, 4) is 0 Å². The summed E-state index contributed by atoms with van der Waals surface area (Å²) in [7, 11) is 3.68. The zero-order valence-corrected chi connectivity index (χ0v) is 11.1. The molecule has 0 bridgehead atoms. The first-order chi connectivity index (χ1) is 8.91. The van der Waals surface area contributed by atoms with E-state index in [1.807, 2.05) is 49.3 Å². The number of imide groups is 1. The number of hydrogen-bond acceptors (Lipinski definition) is 3. The summed E-state index contributed by atoms with van der Waals surface area (Å²) in [6.45, 7) is 0.0482. The molecule has 0 saturated carbocycles. The Bertz CT molecular complexity index is 420. The lowest BCUT2D eigenvalue weighted by Gasteiger charge is -2.28. The molecule has 0 saturated heterocycles. The van der Waals surface area contributed by atoms with E-state index in [9.17, 15) is 9.59 Å². The van der Waals surface area contributed by atoms with Gasteiger partial charge in [0.25, 0.3) is 0 Å². The summed E-state index contributed by atoms with van der Waals surface area (Å²) in [5.41, 5.74) is 6.15. The van der Waals surface area contributed by atoms with Crippen molar-refractivity contribution in [1.29, 1.82) is 0 Å². The molecule has 1 rings (SSSR count). The Kier molecular flexibility index (Phi) is 5.32. The third kappa shape index (κ3) is 4.59. The molecule has 3 amide bonds. The SMILES string of the molecule is CN(C)C(Cc1ccccc1)CN(C(N)=O)C(=O)O. The average Bonchev–Trinajstić information content (AvgIpc) is 2.34. The molecule has 1 aromatic carbocycles. The molecule has 6 nitrogen and oxygen atoms in total. The summed E-state index contributed by atoms with van der Waals surface area (Å²) < 4.78 is 0. The van der Waals surface area contributed by atoms with Crippen LogP contribution >= 0.6 is 0 Å². The highest BCUT2D eigenvalue weighted by atomic mass is 16.4. The lowest BCUT2D eigenvalue weighted by molar-refractivity contribution is 0.137. The molecule has 0 fully saturated rings. The summed E-state index contributed by atoms with van der Waals surface area (Å²) >= 11 is 0. The highest BCUT2D eigenvalue weighted by molar-refractivity contribution is 5.88. The van der Waals surface area contributed by atoms with E-state index in [0.29, 0.717) is 11.3 Å². The number of primary amides is 1. The number of carbonyl (C=O) groups is 2. The molecular weight excluding hydrogens is 246 g/mol. The smallest absolute Gasteiger partial charge is 0.415 e. The van der Waals surface area contributed by atoms with Crippen molar-refractivity contribution in [2.75, 3.05) is 20.6 Å². The van der Waals surface area contributed by atoms with Gasteiger partial charge in [0.05, 0.1) is 0 Å². The van der Waals surface area contributed by atoms with Crippen LogP contribution in [0, 0.1) is 0 Å². The van der Waals surface area contributed by atoms with Gasteiger partial charge in [-0.3, -0.25) is 0 Å². The van der Waals surface area contributed by atoms with Gasteiger partial charge in [-0.1, -0.05) is 30.3 Å². The quantitative estimate of drug-likeness (QED) is 0.838. The molecule has 19 heavy (non-hydrogen) atoms. The Hall–Kier alpha value is -2.08. The molecule has 0 aliphatic heterocycles. The first kappa shape index (κ1) is 15.0. The number of carboxylic acid groups (broad SMARTS) is 1. The molecule has 0 heterocycles. The number of carbonyl (C=O) groups excluding carboxylic acids is 1. The largest absolute Gasteiger partial charge is 0.465 e. The summed E-state index contributed by atoms with van der Waals surface area (Å²) in [6, 6.07) is 8.62. The van der Waals surface area contributed by atoms with Crippen LogP contribution in [-0.2, 0) is 6.42 Å². The van der Waals surface area contributed by atoms with E-state index in [4.69, 9.17) is 10.8 Å². The summed E-state index contributed by atoms with van der Waals surface area (Å²) in [4.78, 5) is 24.6. The third-order valence-electron chi connectivity index (χ3n) is 2.93. The van der Waals surface area contributed by atoms with Crippen molar-refractivity contribution in [2.24, 2.45) is 5.73 Å². The average molecular weight is 265 g/mol. The van der Waals surface area contributed by atoms with Gasteiger partial charge in [0.2, 0.25) is 0 Å². The van der Waals surface area contributed by atoms with Gasteiger partial charge in [0.1, 0.15) is 0 Å². The number of benzene rings is 1. The normalized spacial score (nSPS) is 12.2. The second-order valence-electron chi connectivity index (χ2n) is 4.54. The van der Waals surface area contributed by atoms with Gasteiger partial charge in [-0.25, -0.2) is 14.5 Å². The van der Waals surface area contributed by atoms with Crippen LogP contribution < -0.4 is 5.73 Å². The number of amides is 3. The fourth-order valence-corrected chi connectivity index (χ4v) is 1.77. The highest BCUT2D eigenvalue weighted by Gasteiger charge is 2.24. The Labute approximate surface area is 112 Å². The van der Waals surface area contributed by atoms with E-state index in [-0.39, 0.29) is 12.6 Å². The van der Waals surface area contributed by atoms with Crippen LogP contribution in [0.2, 0.25) is 0 Å². The van der Waals surface area contributed by atoms with Crippen LogP contribution in [0.1, 0.15) is 5.56 Å². The fraction of sp³-hybridized carbons (Fsp3) is 0.385. The van der Waals surface area contributed by atoms with Gasteiger partial charge in [-0.05, 0) is 26.1 Å². The molecule has 0 radical (unpaired) electrons. The van der Waals surface area contributed by atoms with Crippen molar-refractivity contribution in [3.05, 3.63) is 35.9 Å². The van der Waals surface area contributed by atoms with Crippen molar-refractivity contribution in [2.45, 2.75) is 12.5 Å². The van der Waals surface area contributed by atoms with E-state index in [1.165, 1.54) is 0 Å². The topological polar surface area (TPSA) is 86.9 Å². The van der Waals surface area contributed by atoms with Gasteiger partial charge < -0.3 is 15.7 Å². The molecule has 0 aromatic heterocycles. The molecule has 0 spiro atoms.